The van der Waals surface area contributed by atoms with Gasteiger partial charge in [0.15, 0.2) is 0 Å². The van der Waals surface area contributed by atoms with Gasteiger partial charge in [-0.1, -0.05) is 182 Å². The van der Waals surface area contributed by atoms with Gasteiger partial charge in [0.2, 0.25) is 0 Å². The summed E-state index contributed by atoms with van der Waals surface area (Å²) in [4.78, 5) is 0. The van der Waals surface area contributed by atoms with Crippen molar-refractivity contribution in [1.29, 1.82) is 0 Å². The Labute approximate surface area is 368 Å². The lowest BCUT2D eigenvalue weighted by Crippen LogP contribution is -2.04. The number of hydrogen-bond donors (Lipinski definition) is 1. The molecule has 2 heteroatoms. The Balaban J connectivity index is 0.866. The number of hydrogen-bond acceptors (Lipinski definition) is 1. The van der Waals surface area contributed by atoms with E-state index in [2.05, 4.69) is 228 Å². The summed E-state index contributed by atoms with van der Waals surface area (Å²) in [6.45, 7) is 0. The summed E-state index contributed by atoms with van der Waals surface area (Å²) in [6.07, 6.45) is 18.6. The summed E-state index contributed by atoms with van der Waals surface area (Å²) in [5.41, 5.74) is 14.7. The van der Waals surface area contributed by atoms with Crippen LogP contribution < -0.4 is 5.32 Å². The third-order valence-corrected chi connectivity index (χ3v) is 13.4. The van der Waals surface area contributed by atoms with Crippen LogP contribution in [0.5, 0.6) is 0 Å². The van der Waals surface area contributed by atoms with Crippen molar-refractivity contribution in [3.05, 3.63) is 230 Å². The summed E-state index contributed by atoms with van der Waals surface area (Å²) in [5, 5.41) is 14.1. The summed E-state index contributed by atoms with van der Waals surface area (Å²) in [7, 11) is 0. The highest BCUT2D eigenvalue weighted by atomic mass is 15.0. The van der Waals surface area contributed by atoms with E-state index in [0.29, 0.717) is 0 Å². The Hall–Kier alpha value is -7.68. The number of allylic oxidation sites excluding steroid dienone is 8. The molecular weight excluding hydrogens is 761 g/mol. The Morgan fingerprint density at radius 3 is 2.00 bits per heavy atom. The molecule has 0 radical (unpaired) electrons. The van der Waals surface area contributed by atoms with Gasteiger partial charge in [-0.15, -0.1) is 0 Å². The predicted octanol–water partition coefficient (Wildman–Crippen LogP) is 16.9. The number of rotatable bonds is 7. The lowest BCUT2D eigenvalue weighted by Gasteiger charge is -2.19. The van der Waals surface area contributed by atoms with Gasteiger partial charge in [0.1, 0.15) is 0 Å². The Morgan fingerprint density at radius 1 is 0.460 bits per heavy atom. The maximum absolute atomic E-state index is 3.80. The highest BCUT2D eigenvalue weighted by molar-refractivity contribution is 6.23. The number of benzene rings is 9. The van der Waals surface area contributed by atoms with Crippen molar-refractivity contribution in [3.63, 3.8) is 0 Å². The minimum absolute atomic E-state index is 0.0513. The van der Waals surface area contributed by atoms with Crippen LogP contribution >= 0.6 is 0 Å². The van der Waals surface area contributed by atoms with Crippen LogP contribution in [0.3, 0.4) is 0 Å². The molecule has 1 unspecified atom stereocenters. The third kappa shape index (κ3) is 6.67. The van der Waals surface area contributed by atoms with Crippen LogP contribution in [0.1, 0.15) is 37.3 Å². The zero-order chi connectivity index (χ0) is 41.7. The quantitative estimate of drug-likeness (QED) is 0.159. The van der Waals surface area contributed by atoms with Crippen molar-refractivity contribution < 1.29 is 0 Å². The first-order valence-electron chi connectivity index (χ1n) is 22.4. The molecule has 0 amide bonds. The van der Waals surface area contributed by atoms with Gasteiger partial charge in [0, 0.05) is 38.8 Å². The second-order valence-electron chi connectivity index (χ2n) is 17.1. The van der Waals surface area contributed by atoms with Gasteiger partial charge in [-0.25, -0.2) is 0 Å². The first-order valence-corrected chi connectivity index (χ1v) is 22.4. The molecule has 2 aliphatic carbocycles. The van der Waals surface area contributed by atoms with Crippen LogP contribution in [-0.2, 0) is 0 Å². The molecule has 1 aromatic heterocycles. The fraction of sp³-hybridized carbons (Fsp3) is 0.0820. The van der Waals surface area contributed by atoms with Crippen LogP contribution in [0.25, 0.3) is 93.1 Å². The first kappa shape index (κ1) is 37.1. The summed E-state index contributed by atoms with van der Waals surface area (Å²) >= 11 is 0. The van der Waals surface area contributed by atoms with E-state index in [1.54, 1.807) is 0 Å². The average molecular weight is 807 g/mol. The van der Waals surface area contributed by atoms with Gasteiger partial charge in [-0.05, 0) is 133 Å². The second kappa shape index (κ2) is 15.7. The molecule has 63 heavy (non-hydrogen) atoms. The molecule has 0 fully saturated rings. The van der Waals surface area contributed by atoms with Crippen molar-refractivity contribution in [1.82, 2.24) is 4.57 Å². The summed E-state index contributed by atoms with van der Waals surface area (Å²) < 4.78 is 2.50. The van der Waals surface area contributed by atoms with Crippen molar-refractivity contribution in [2.45, 2.75) is 31.7 Å². The summed E-state index contributed by atoms with van der Waals surface area (Å²) in [6, 6.07) is 67.2. The van der Waals surface area contributed by atoms with Crippen molar-refractivity contribution in [2.24, 2.45) is 0 Å². The molecule has 300 valence electrons. The highest BCUT2D eigenvalue weighted by Gasteiger charge is 2.18. The lowest BCUT2D eigenvalue weighted by molar-refractivity contribution is 0.704. The fourth-order valence-electron chi connectivity index (χ4n) is 10.2. The van der Waals surface area contributed by atoms with Gasteiger partial charge in [0.05, 0.1) is 6.04 Å². The summed E-state index contributed by atoms with van der Waals surface area (Å²) in [5.74, 6) is 0. The fourth-order valence-corrected chi connectivity index (χ4v) is 10.2. The molecule has 0 saturated heterocycles. The van der Waals surface area contributed by atoms with Gasteiger partial charge < -0.3 is 9.88 Å². The van der Waals surface area contributed by atoms with Gasteiger partial charge in [-0.3, -0.25) is 0 Å². The van der Waals surface area contributed by atoms with E-state index in [4.69, 9.17) is 0 Å². The van der Waals surface area contributed by atoms with Gasteiger partial charge in [-0.2, -0.15) is 0 Å². The molecular formula is C61H46N2. The average Bonchev–Trinajstić information content (AvgIpc) is 3.48. The highest BCUT2D eigenvalue weighted by Crippen LogP contribution is 2.41. The zero-order valence-corrected chi connectivity index (χ0v) is 35.1. The molecule has 9 aromatic carbocycles. The Morgan fingerprint density at radius 2 is 1.14 bits per heavy atom. The predicted molar refractivity (Wildman–Crippen MR) is 270 cm³/mol. The molecule has 12 rings (SSSR count). The molecule has 10 aromatic rings. The molecule has 0 saturated carbocycles. The first-order chi connectivity index (χ1) is 31.2. The van der Waals surface area contributed by atoms with E-state index in [-0.39, 0.29) is 6.04 Å². The smallest absolute Gasteiger partial charge is 0.0713 e. The number of nitrogens with zero attached hydrogens (tertiary/aromatic N) is 1. The standard InChI is InChI=1S/C61H46N2/c1-3-14-43(15-4-1)56-38-46(33-36-58(56)62-49-18-5-2-6-19-49)47-34-37-60-57(39-47)53-23-11-12-25-59(53)63(60)50-20-13-17-41(32-35-50)42-26-28-45(29-27-42)55-40-48-31-30-44-16-7-8-21-51(44)61(48)54-24-10-9-22-52(54)55/h1,3-4,7-18,20-40,50,62H,2,5-6,19H2. The number of fused-ring (bicyclic) bond motifs is 8. The normalized spacial score (nSPS) is 15.3. The SMILES string of the molecule is C1=CC(n2c3ccccc3c3cc(-c4ccc(NC5=CCCCC5)c(-c5ccccc5)c4)ccc32)C=CC(c2ccc(-c3cc4ccc5ccccc5c4c4ccccc34)cc2)=C1. The molecule has 2 aliphatic rings. The zero-order valence-electron chi connectivity index (χ0n) is 35.1. The third-order valence-electron chi connectivity index (χ3n) is 13.4. The van der Waals surface area contributed by atoms with Crippen LogP contribution in [0.4, 0.5) is 5.69 Å². The number of para-hydroxylation sites is 1. The number of nitrogens with one attached hydrogen (secondary N) is 1. The van der Waals surface area contributed by atoms with Gasteiger partial charge >= 0.3 is 0 Å². The van der Waals surface area contributed by atoms with Crippen LogP contribution in [0, 0.1) is 0 Å². The van der Waals surface area contributed by atoms with Crippen LogP contribution in [0.2, 0.25) is 0 Å². The van der Waals surface area contributed by atoms with E-state index in [9.17, 15) is 0 Å². The van der Waals surface area contributed by atoms with E-state index in [1.807, 2.05) is 0 Å². The molecule has 0 aliphatic heterocycles. The monoisotopic (exact) mass is 806 g/mol. The van der Waals surface area contributed by atoms with Crippen molar-refractivity contribution >= 4 is 65.4 Å². The largest absolute Gasteiger partial charge is 0.359 e. The van der Waals surface area contributed by atoms with E-state index < -0.39 is 0 Å². The number of aromatic nitrogens is 1. The van der Waals surface area contributed by atoms with Crippen LogP contribution in [0.15, 0.2) is 224 Å². The molecule has 1 atom stereocenters. The maximum Gasteiger partial charge on any atom is 0.0713 e. The van der Waals surface area contributed by atoms with Crippen LogP contribution in [-0.4, -0.2) is 4.57 Å². The number of anilines is 1. The molecule has 0 spiro atoms. The van der Waals surface area contributed by atoms with E-state index in [0.717, 1.165) is 12.8 Å². The Kier molecular flexibility index (Phi) is 9.22. The minimum Gasteiger partial charge on any atom is -0.359 e. The molecule has 0 bridgehead atoms. The minimum atomic E-state index is 0.0513. The second-order valence-corrected chi connectivity index (χ2v) is 17.1. The molecule has 1 N–H and O–H groups in total. The van der Waals surface area contributed by atoms with Crippen molar-refractivity contribution in [3.8, 4) is 33.4 Å². The topological polar surface area (TPSA) is 17.0 Å². The van der Waals surface area contributed by atoms with Gasteiger partial charge in [0.25, 0.3) is 0 Å². The molecule has 1 heterocycles. The van der Waals surface area contributed by atoms with E-state index in [1.165, 1.54) is 123 Å². The lowest BCUT2D eigenvalue weighted by atomic mass is 9.90. The molecule has 2 nitrogen and oxygen atoms in total. The van der Waals surface area contributed by atoms with E-state index >= 15 is 0 Å². The van der Waals surface area contributed by atoms with Crippen molar-refractivity contribution in [2.75, 3.05) is 5.32 Å². The maximum atomic E-state index is 3.80. The Bertz CT molecular complexity index is 3520.